The van der Waals surface area contributed by atoms with E-state index in [1.165, 1.54) is 7.11 Å². The average Bonchev–Trinajstić information content (AvgIpc) is 2.60. The van der Waals surface area contributed by atoms with Crippen LogP contribution in [0, 0.1) is 0 Å². The summed E-state index contributed by atoms with van der Waals surface area (Å²) in [6.07, 6.45) is 1.70. The van der Waals surface area contributed by atoms with Crippen LogP contribution < -0.4 is 0 Å². The number of aromatic nitrogens is 3. The van der Waals surface area contributed by atoms with E-state index in [0.717, 1.165) is 25.1 Å². The molecule has 0 saturated carbocycles. The minimum Gasteiger partial charge on any atom is -0.464 e. The summed E-state index contributed by atoms with van der Waals surface area (Å²) in [4.78, 5) is 11.3. The molecular formula is C9H15N3O2. The number of esters is 1. The Labute approximate surface area is 83.1 Å². The van der Waals surface area contributed by atoms with Gasteiger partial charge in [0.2, 0.25) is 0 Å². The van der Waals surface area contributed by atoms with Crippen molar-refractivity contribution in [1.29, 1.82) is 0 Å². The Morgan fingerprint density at radius 3 is 2.71 bits per heavy atom. The van der Waals surface area contributed by atoms with Crippen LogP contribution >= 0.6 is 0 Å². The number of hydrogen-bond donors (Lipinski definition) is 0. The molecule has 5 nitrogen and oxygen atoms in total. The van der Waals surface area contributed by atoms with Crippen molar-refractivity contribution in [3.63, 3.8) is 0 Å². The van der Waals surface area contributed by atoms with Gasteiger partial charge in [-0.1, -0.05) is 19.1 Å². The molecule has 1 heterocycles. The number of methoxy groups -OCH3 is 1. The molecule has 0 aromatic carbocycles. The molecule has 0 unspecified atom stereocenters. The van der Waals surface area contributed by atoms with Crippen LogP contribution in [0.5, 0.6) is 0 Å². The highest BCUT2D eigenvalue weighted by atomic mass is 16.5. The van der Waals surface area contributed by atoms with Gasteiger partial charge in [0, 0.05) is 6.54 Å². The van der Waals surface area contributed by atoms with Gasteiger partial charge in [-0.05, 0) is 12.8 Å². The molecule has 0 aliphatic heterocycles. The minimum atomic E-state index is -0.413. The Hall–Kier alpha value is -1.39. The molecule has 14 heavy (non-hydrogen) atoms. The summed E-state index contributed by atoms with van der Waals surface area (Å²) < 4.78 is 6.37. The van der Waals surface area contributed by atoms with Gasteiger partial charge in [-0.2, -0.15) is 0 Å². The van der Waals surface area contributed by atoms with Gasteiger partial charge < -0.3 is 4.74 Å². The van der Waals surface area contributed by atoms with Crippen LogP contribution in [0.3, 0.4) is 0 Å². The first-order valence-electron chi connectivity index (χ1n) is 4.75. The first-order chi connectivity index (χ1) is 6.74. The summed E-state index contributed by atoms with van der Waals surface area (Å²) in [5.74, 6) is -0.413. The molecule has 0 fully saturated rings. The molecule has 1 rings (SSSR count). The zero-order valence-corrected chi connectivity index (χ0v) is 8.78. The Morgan fingerprint density at radius 2 is 2.21 bits per heavy atom. The first kappa shape index (κ1) is 10.7. The lowest BCUT2D eigenvalue weighted by Gasteiger charge is -2.02. The van der Waals surface area contributed by atoms with Crippen LogP contribution in [0.2, 0.25) is 0 Å². The number of nitrogens with zero attached hydrogens (tertiary/aromatic N) is 3. The number of rotatable bonds is 4. The van der Waals surface area contributed by atoms with E-state index in [4.69, 9.17) is 0 Å². The van der Waals surface area contributed by atoms with Crippen molar-refractivity contribution < 1.29 is 9.53 Å². The van der Waals surface area contributed by atoms with Crippen molar-refractivity contribution in [2.75, 3.05) is 7.11 Å². The standard InChI is InChI=1S/C9H15N3O2/c1-4-6-12-7(5-2)8(10-11-12)9(13)14-3/h4-6H2,1-3H3. The normalized spacial score (nSPS) is 10.2. The van der Waals surface area contributed by atoms with E-state index >= 15 is 0 Å². The lowest BCUT2D eigenvalue weighted by molar-refractivity contribution is 0.0592. The number of carbonyl (C=O) groups is 1. The van der Waals surface area contributed by atoms with Crippen molar-refractivity contribution in [2.45, 2.75) is 33.2 Å². The van der Waals surface area contributed by atoms with Crippen molar-refractivity contribution in [3.8, 4) is 0 Å². The molecular weight excluding hydrogens is 182 g/mol. The third-order valence-electron chi connectivity index (χ3n) is 1.99. The van der Waals surface area contributed by atoms with Gasteiger partial charge in [-0.15, -0.1) is 5.10 Å². The Kier molecular flexibility index (Phi) is 3.62. The molecule has 0 aliphatic rings. The van der Waals surface area contributed by atoms with Crippen molar-refractivity contribution >= 4 is 5.97 Å². The molecule has 1 aromatic heterocycles. The number of carbonyl (C=O) groups excluding carboxylic acids is 1. The van der Waals surface area contributed by atoms with Crippen molar-refractivity contribution in [1.82, 2.24) is 15.0 Å². The highest BCUT2D eigenvalue weighted by molar-refractivity contribution is 5.88. The molecule has 0 saturated heterocycles. The minimum absolute atomic E-state index is 0.337. The summed E-state index contributed by atoms with van der Waals surface area (Å²) in [5.41, 5.74) is 1.18. The molecule has 78 valence electrons. The Morgan fingerprint density at radius 1 is 1.50 bits per heavy atom. The zero-order valence-electron chi connectivity index (χ0n) is 8.78. The third kappa shape index (κ3) is 1.92. The van der Waals surface area contributed by atoms with Gasteiger partial charge >= 0.3 is 5.97 Å². The van der Waals surface area contributed by atoms with Crippen LogP contribution in [0.25, 0.3) is 0 Å². The summed E-state index contributed by atoms with van der Waals surface area (Å²) >= 11 is 0. The van der Waals surface area contributed by atoms with Gasteiger partial charge in [0.15, 0.2) is 5.69 Å². The van der Waals surface area contributed by atoms with E-state index < -0.39 is 5.97 Å². The second-order valence-electron chi connectivity index (χ2n) is 2.95. The predicted octanol–water partition coefficient (Wildman–Crippen LogP) is 1.04. The average molecular weight is 197 g/mol. The van der Waals surface area contributed by atoms with Crippen molar-refractivity contribution in [3.05, 3.63) is 11.4 Å². The molecule has 0 spiro atoms. The second-order valence-corrected chi connectivity index (χ2v) is 2.95. The molecule has 1 aromatic rings. The maximum absolute atomic E-state index is 11.3. The fraction of sp³-hybridized carbons (Fsp3) is 0.667. The topological polar surface area (TPSA) is 57.0 Å². The maximum atomic E-state index is 11.3. The van der Waals surface area contributed by atoms with Crippen molar-refractivity contribution in [2.24, 2.45) is 0 Å². The number of aryl methyl sites for hydroxylation is 1. The van der Waals surface area contributed by atoms with E-state index in [-0.39, 0.29) is 0 Å². The van der Waals surface area contributed by atoms with Gasteiger partial charge in [-0.3, -0.25) is 0 Å². The number of hydrogen-bond acceptors (Lipinski definition) is 4. The van der Waals surface area contributed by atoms with Crippen LogP contribution in [0.4, 0.5) is 0 Å². The second kappa shape index (κ2) is 4.74. The molecule has 0 bridgehead atoms. The van der Waals surface area contributed by atoms with E-state index in [1.807, 2.05) is 6.92 Å². The molecule has 0 radical (unpaired) electrons. The molecule has 0 N–H and O–H groups in total. The molecule has 0 atom stereocenters. The zero-order chi connectivity index (χ0) is 10.6. The number of ether oxygens (including phenoxy) is 1. The van der Waals surface area contributed by atoms with Gasteiger partial charge in [-0.25, -0.2) is 9.48 Å². The fourth-order valence-electron chi connectivity index (χ4n) is 1.33. The summed E-state index contributed by atoms with van der Waals surface area (Å²) in [6, 6.07) is 0. The summed E-state index contributed by atoms with van der Waals surface area (Å²) in [5, 5.41) is 7.73. The predicted molar refractivity (Wildman–Crippen MR) is 51.0 cm³/mol. The van der Waals surface area contributed by atoms with Gasteiger partial charge in [0.1, 0.15) is 0 Å². The van der Waals surface area contributed by atoms with Crippen LogP contribution in [-0.2, 0) is 17.7 Å². The highest BCUT2D eigenvalue weighted by Gasteiger charge is 2.17. The van der Waals surface area contributed by atoms with E-state index in [2.05, 4.69) is 22.0 Å². The van der Waals surface area contributed by atoms with Crippen LogP contribution in [0.1, 0.15) is 36.5 Å². The molecule has 0 aliphatic carbocycles. The van der Waals surface area contributed by atoms with E-state index in [0.29, 0.717) is 5.69 Å². The monoisotopic (exact) mass is 197 g/mol. The largest absolute Gasteiger partial charge is 0.464 e. The van der Waals surface area contributed by atoms with Gasteiger partial charge in [0.25, 0.3) is 0 Å². The lowest BCUT2D eigenvalue weighted by atomic mass is 10.2. The highest BCUT2D eigenvalue weighted by Crippen LogP contribution is 2.08. The third-order valence-corrected chi connectivity index (χ3v) is 1.99. The van der Waals surface area contributed by atoms with E-state index in [9.17, 15) is 4.79 Å². The van der Waals surface area contributed by atoms with Crippen LogP contribution in [0.15, 0.2) is 0 Å². The SMILES string of the molecule is CCCn1nnc(C(=O)OC)c1CC. The summed E-state index contributed by atoms with van der Waals surface area (Å²) in [7, 11) is 1.35. The first-order valence-corrected chi connectivity index (χ1v) is 4.75. The summed E-state index contributed by atoms with van der Waals surface area (Å²) in [6.45, 7) is 4.81. The lowest BCUT2D eigenvalue weighted by Crippen LogP contribution is -2.08. The fourth-order valence-corrected chi connectivity index (χ4v) is 1.33. The van der Waals surface area contributed by atoms with Gasteiger partial charge in [0.05, 0.1) is 12.8 Å². The molecule has 0 amide bonds. The Bertz CT molecular complexity index is 320. The van der Waals surface area contributed by atoms with Crippen LogP contribution in [-0.4, -0.2) is 28.1 Å². The quantitative estimate of drug-likeness (QED) is 0.677. The Balaban J connectivity index is 3.00. The van der Waals surface area contributed by atoms with E-state index in [1.54, 1.807) is 4.68 Å². The molecule has 5 heteroatoms. The smallest absolute Gasteiger partial charge is 0.360 e. The maximum Gasteiger partial charge on any atom is 0.360 e.